The molecule has 1 saturated heterocycles. The number of aryl methyl sites for hydroxylation is 1. The lowest BCUT2D eigenvalue weighted by Crippen LogP contribution is -2.44. The molecule has 2 aromatic heterocycles. The van der Waals surface area contributed by atoms with Crippen LogP contribution >= 0.6 is 0 Å². The summed E-state index contributed by atoms with van der Waals surface area (Å²) in [4.78, 5) is 20.4. The first-order chi connectivity index (χ1) is 16.0. The van der Waals surface area contributed by atoms with Gasteiger partial charge in [-0.15, -0.1) is 16.1 Å². The van der Waals surface area contributed by atoms with Crippen molar-refractivity contribution in [1.29, 1.82) is 0 Å². The third-order valence-electron chi connectivity index (χ3n) is 5.85. The zero-order valence-corrected chi connectivity index (χ0v) is 19.4. The second-order valence-electron chi connectivity index (χ2n) is 8.23. The highest BCUT2D eigenvalue weighted by molar-refractivity contribution is 5.91. The summed E-state index contributed by atoms with van der Waals surface area (Å²) in [6.45, 7) is 5.85. The molecule has 172 valence electrons. The molecule has 0 bridgehead atoms. The Morgan fingerprint density at radius 1 is 1.33 bits per heavy atom. The second-order valence-corrected chi connectivity index (χ2v) is 8.23. The summed E-state index contributed by atoms with van der Waals surface area (Å²) in [7, 11) is 1.72. The quantitative estimate of drug-likeness (QED) is 0.440. The first-order valence-corrected chi connectivity index (χ1v) is 11.2. The van der Waals surface area contributed by atoms with Crippen LogP contribution in [0.25, 0.3) is 10.8 Å². The molecule has 0 radical (unpaired) electrons. The van der Waals surface area contributed by atoms with Gasteiger partial charge >= 0.3 is 5.91 Å². The number of pyridine rings is 1. The van der Waals surface area contributed by atoms with Crippen LogP contribution < -0.4 is 16.1 Å². The number of carbonyl (C=O) groups is 1. The number of fused-ring (bicyclic) bond motifs is 1. The zero-order valence-electron chi connectivity index (χ0n) is 19.4. The molecule has 0 spiro atoms. The average molecular weight is 447 g/mol. The third-order valence-corrected chi connectivity index (χ3v) is 5.85. The number of benzene rings is 1. The number of nitrogens with one attached hydrogen (secondary N) is 1. The van der Waals surface area contributed by atoms with Gasteiger partial charge in [0.25, 0.3) is 0 Å². The molecule has 1 amide bonds. The first-order valence-electron chi connectivity index (χ1n) is 11.2. The van der Waals surface area contributed by atoms with Crippen molar-refractivity contribution in [2.24, 2.45) is 5.73 Å². The summed E-state index contributed by atoms with van der Waals surface area (Å²) in [6.07, 6.45) is 1.96. The number of anilines is 1. The van der Waals surface area contributed by atoms with Crippen molar-refractivity contribution < 1.29 is 4.79 Å². The fraction of sp³-hybridized carbons (Fsp3) is 0.417. The number of nitrogens with zero attached hydrogens (tertiary/aromatic N) is 6. The van der Waals surface area contributed by atoms with Gasteiger partial charge in [-0.2, -0.15) is 0 Å². The largest absolute Gasteiger partial charge is 0.339 e. The van der Waals surface area contributed by atoms with E-state index in [4.69, 9.17) is 10.7 Å². The Kier molecular flexibility index (Phi) is 6.87. The smallest absolute Gasteiger partial charge is 0.306 e. The van der Waals surface area contributed by atoms with Gasteiger partial charge in [0.1, 0.15) is 0 Å². The van der Waals surface area contributed by atoms with Crippen LogP contribution in [0.15, 0.2) is 30.3 Å². The molecular formula is C24H30N8O. The van der Waals surface area contributed by atoms with Crippen LogP contribution in [-0.2, 0) is 13.1 Å². The standard InChI is InChI=1S/C24H30N8O/c1-4-5-13-31-22(28-29-24(31)30-12-8-10-19(25)15-30)23(33)32(26-3)16-21-20-11-7-6-9-18(20)14-17(2)27-21/h6-7,9,11,14,19,26H,8,10,12-13,15-16,25H2,1-3H3. The van der Waals surface area contributed by atoms with E-state index in [1.54, 1.807) is 18.5 Å². The predicted octanol–water partition coefficient (Wildman–Crippen LogP) is 1.86. The number of nitrogens with two attached hydrogens (primary N) is 1. The van der Waals surface area contributed by atoms with E-state index in [2.05, 4.69) is 38.4 Å². The third kappa shape index (κ3) is 4.82. The van der Waals surface area contributed by atoms with Crippen LogP contribution in [0.1, 0.15) is 41.8 Å². The summed E-state index contributed by atoms with van der Waals surface area (Å²) in [5, 5.41) is 12.2. The van der Waals surface area contributed by atoms with E-state index < -0.39 is 0 Å². The van der Waals surface area contributed by atoms with Crippen molar-refractivity contribution in [2.75, 3.05) is 25.0 Å². The minimum atomic E-state index is -0.289. The number of carbonyl (C=O) groups excluding carboxylic acids is 1. The molecule has 4 rings (SSSR count). The first kappa shape index (κ1) is 22.7. The predicted molar refractivity (Wildman–Crippen MR) is 128 cm³/mol. The van der Waals surface area contributed by atoms with Crippen molar-refractivity contribution in [3.05, 3.63) is 47.5 Å². The van der Waals surface area contributed by atoms with E-state index in [1.165, 1.54) is 5.01 Å². The molecule has 1 aliphatic rings. The van der Waals surface area contributed by atoms with Gasteiger partial charge in [0.05, 0.1) is 18.8 Å². The van der Waals surface area contributed by atoms with Crippen molar-refractivity contribution in [3.8, 4) is 11.8 Å². The molecule has 0 aliphatic carbocycles. The number of hydrogen-bond donors (Lipinski definition) is 2. The van der Waals surface area contributed by atoms with E-state index in [-0.39, 0.29) is 24.3 Å². The molecule has 1 fully saturated rings. The fourth-order valence-electron chi connectivity index (χ4n) is 4.24. The van der Waals surface area contributed by atoms with Crippen LogP contribution in [0.5, 0.6) is 0 Å². The molecule has 3 N–H and O–H groups in total. The lowest BCUT2D eigenvalue weighted by molar-refractivity contribution is 0.0644. The molecule has 1 unspecified atom stereocenters. The molecule has 1 atom stereocenters. The molecule has 3 aromatic rings. The minimum Gasteiger partial charge on any atom is -0.339 e. The number of piperidine rings is 1. The van der Waals surface area contributed by atoms with Crippen LogP contribution in [0.4, 0.5) is 5.95 Å². The molecule has 33 heavy (non-hydrogen) atoms. The monoisotopic (exact) mass is 446 g/mol. The highest BCUT2D eigenvalue weighted by atomic mass is 16.2. The summed E-state index contributed by atoms with van der Waals surface area (Å²) in [5.74, 6) is 6.52. The molecular weight excluding hydrogens is 416 g/mol. The van der Waals surface area contributed by atoms with Gasteiger partial charge in [0.15, 0.2) is 0 Å². The second kappa shape index (κ2) is 9.98. The summed E-state index contributed by atoms with van der Waals surface area (Å²) < 4.78 is 1.78. The van der Waals surface area contributed by atoms with Gasteiger partial charge in [-0.1, -0.05) is 30.2 Å². The van der Waals surface area contributed by atoms with E-state index in [9.17, 15) is 4.79 Å². The Labute approximate surface area is 193 Å². The highest BCUT2D eigenvalue weighted by Gasteiger charge is 2.28. The van der Waals surface area contributed by atoms with Crippen molar-refractivity contribution in [1.82, 2.24) is 30.2 Å². The lowest BCUT2D eigenvalue weighted by Gasteiger charge is -2.31. The van der Waals surface area contributed by atoms with Gasteiger partial charge in [-0.25, -0.2) is 5.43 Å². The lowest BCUT2D eigenvalue weighted by atomic mass is 10.1. The number of hydrogen-bond acceptors (Lipinski definition) is 7. The Morgan fingerprint density at radius 3 is 2.91 bits per heavy atom. The minimum absolute atomic E-state index is 0.0785. The van der Waals surface area contributed by atoms with Crippen LogP contribution in [0, 0.1) is 18.8 Å². The highest BCUT2D eigenvalue weighted by Crippen LogP contribution is 2.22. The topological polar surface area (TPSA) is 105 Å². The van der Waals surface area contributed by atoms with Crippen molar-refractivity contribution >= 4 is 22.6 Å². The Bertz CT molecular complexity index is 1210. The molecule has 9 nitrogen and oxygen atoms in total. The summed E-state index contributed by atoms with van der Waals surface area (Å²) in [6, 6.07) is 10.2. The van der Waals surface area contributed by atoms with Crippen LogP contribution in [-0.4, -0.2) is 56.8 Å². The van der Waals surface area contributed by atoms with E-state index in [0.717, 1.165) is 41.5 Å². The maximum Gasteiger partial charge on any atom is 0.306 e. The van der Waals surface area contributed by atoms with E-state index in [0.29, 0.717) is 19.0 Å². The SMILES string of the molecule is CC#CCn1c(C(=O)N(Cc2nc(C)cc3ccccc23)NC)nnc1N1CCCC(N)C1. The van der Waals surface area contributed by atoms with Gasteiger partial charge in [0, 0.05) is 37.3 Å². The Morgan fingerprint density at radius 2 is 2.15 bits per heavy atom. The Hall–Kier alpha value is -3.48. The molecule has 1 aromatic carbocycles. The van der Waals surface area contributed by atoms with E-state index >= 15 is 0 Å². The Balaban J connectivity index is 1.66. The normalized spacial score (nSPS) is 15.9. The molecule has 3 heterocycles. The van der Waals surface area contributed by atoms with Gasteiger partial charge in [-0.3, -0.25) is 19.4 Å². The van der Waals surface area contributed by atoms with Gasteiger partial charge < -0.3 is 10.6 Å². The molecule has 0 saturated carbocycles. The summed E-state index contributed by atoms with van der Waals surface area (Å²) >= 11 is 0. The number of hydrazine groups is 1. The van der Waals surface area contributed by atoms with E-state index in [1.807, 2.05) is 31.2 Å². The fourth-order valence-corrected chi connectivity index (χ4v) is 4.24. The number of amides is 1. The maximum absolute atomic E-state index is 13.6. The van der Waals surface area contributed by atoms with Crippen LogP contribution in [0.2, 0.25) is 0 Å². The summed E-state index contributed by atoms with van der Waals surface area (Å²) in [5.41, 5.74) is 10.9. The van der Waals surface area contributed by atoms with Crippen LogP contribution in [0.3, 0.4) is 0 Å². The van der Waals surface area contributed by atoms with Crippen molar-refractivity contribution in [2.45, 2.75) is 45.8 Å². The number of aromatic nitrogens is 4. The van der Waals surface area contributed by atoms with Gasteiger partial charge in [-0.05, 0) is 38.1 Å². The van der Waals surface area contributed by atoms with Crippen molar-refractivity contribution in [3.63, 3.8) is 0 Å². The molecule has 1 aliphatic heterocycles. The molecule has 9 heteroatoms. The average Bonchev–Trinajstić information content (AvgIpc) is 3.24. The number of rotatable bonds is 6. The zero-order chi connectivity index (χ0) is 23.4. The van der Waals surface area contributed by atoms with Gasteiger partial charge in [0.2, 0.25) is 11.8 Å². The maximum atomic E-state index is 13.6.